The maximum absolute atomic E-state index is 9.41. The summed E-state index contributed by atoms with van der Waals surface area (Å²) in [6.07, 6.45) is 0. The van der Waals surface area contributed by atoms with Crippen molar-refractivity contribution < 1.29 is 10.2 Å². The van der Waals surface area contributed by atoms with Crippen molar-refractivity contribution in [1.29, 1.82) is 0 Å². The molecule has 0 fully saturated rings. The van der Waals surface area contributed by atoms with E-state index in [1.807, 2.05) is 54.6 Å². The van der Waals surface area contributed by atoms with E-state index in [1.165, 1.54) is 6.07 Å². The van der Waals surface area contributed by atoms with E-state index in [0.29, 0.717) is 5.39 Å². The highest BCUT2D eigenvalue weighted by Gasteiger charge is 2.02. The van der Waals surface area contributed by atoms with Crippen LogP contribution in [0.25, 0.3) is 10.8 Å². The molecule has 3 aromatic carbocycles. The lowest BCUT2D eigenvalue weighted by atomic mass is 10.1. The Morgan fingerprint density at radius 2 is 1.11 bits per heavy atom. The third kappa shape index (κ3) is 2.80. The van der Waals surface area contributed by atoms with Crippen molar-refractivity contribution in [3.8, 4) is 11.5 Å². The summed E-state index contributed by atoms with van der Waals surface area (Å²) in [5.74, 6) is -0.123. The molecular weight excluding hydrogens is 224 g/mol. The standard InChI is InChI=1S/C10H8O2.C6H6/c11-9-6-5-7-3-1-2-4-8(7)10(9)12;1-2-4-6-5-3-1/h1-6,11-12H;1-6H. The molecule has 2 nitrogen and oxygen atoms in total. The highest BCUT2D eigenvalue weighted by Crippen LogP contribution is 2.32. The Labute approximate surface area is 106 Å². The number of benzene rings is 3. The summed E-state index contributed by atoms with van der Waals surface area (Å²) in [7, 11) is 0. The molecule has 18 heavy (non-hydrogen) atoms. The van der Waals surface area contributed by atoms with Gasteiger partial charge in [0, 0.05) is 5.39 Å². The van der Waals surface area contributed by atoms with Gasteiger partial charge >= 0.3 is 0 Å². The largest absolute Gasteiger partial charge is 0.504 e. The third-order valence-electron chi connectivity index (χ3n) is 2.55. The molecule has 0 saturated carbocycles. The number of hydrogen-bond acceptors (Lipinski definition) is 2. The number of fused-ring (bicyclic) bond motifs is 1. The van der Waals surface area contributed by atoms with Gasteiger partial charge in [-0.25, -0.2) is 0 Å². The fourth-order valence-corrected chi connectivity index (χ4v) is 1.63. The van der Waals surface area contributed by atoms with Crippen LogP contribution in [0.15, 0.2) is 72.8 Å². The van der Waals surface area contributed by atoms with Crippen LogP contribution >= 0.6 is 0 Å². The molecule has 0 amide bonds. The van der Waals surface area contributed by atoms with E-state index in [4.69, 9.17) is 5.11 Å². The van der Waals surface area contributed by atoms with Gasteiger partial charge in [0.2, 0.25) is 0 Å². The van der Waals surface area contributed by atoms with Crippen LogP contribution in [0.5, 0.6) is 11.5 Å². The van der Waals surface area contributed by atoms with Crippen LogP contribution in [-0.2, 0) is 0 Å². The lowest BCUT2D eigenvalue weighted by Crippen LogP contribution is -1.73. The molecule has 3 aromatic rings. The second-order valence-electron chi connectivity index (χ2n) is 3.81. The molecule has 90 valence electrons. The lowest BCUT2D eigenvalue weighted by Gasteiger charge is -2.01. The Bertz CT molecular complexity index is 592. The van der Waals surface area contributed by atoms with Gasteiger partial charge in [0.05, 0.1) is 0 Å². The van der Waals surface area contributed by atoms with Crippen LogP contribution < -0.4 is 0 Å². The maximum atomic E-state index is 9.41. The summed E-state index contributed by atoms with van der Waals surface area (Å²) in [4.78, 5) is 0. The molecule has 0 atom stereocenters. The van der Waals surface area contributed by atoms with Crippen LogP contribution in [0.4, 0.5) is 0 Å². The quantitative estimate of drug-likeness (QED) is 0.582. The molecule has 3 rings (SSSR count). The summed E-state index contributed by atoms with van der Waals surface area (Å²) in [5, 5.41) is 20.2. The Balaban J connectivity index is 0.000000169. The molecule has 0 heterocycles. The molecule has 0 aliphatic carbocycles. The zero-order valence-electron chi connectivity index (χ0n) is 9.82. The Kier molecular flexibility index (Phi) is 3.82. The van der Waals surface area contributed by atoms with Crippen molar-refractivity contribution in [2.24, 2.45) is 0 Å². The fraction of sp³-hybridized carbons (Fsp3) is 0. The van der Waals surface area contributed by atoms with Crippen molar-refractivity contribution in [2.45, 2.75) is 0 Å². The van der Waals surface area contributed by atoms with E-state index in [9.17, 15) is 5.11 Å². The summed E-state index contributed by atoms with van der Waals surface area (Å²) < 4.78 is 0. The first-order valence-corrected chi connectivity index (χ1v) is 5.69. The molecule has 2 N–H and O–H groups in total. The second-order valence-corrected chi connectivity index (χ2v) is 3.81. The first kappa shape index (κ1) is 12.0. The summed E-state index contributed by atoms with van der Waals surface area (Å²) in [6, 6.07) is 22.6. The average Bonchev–Trinajstić information content (AvgIpc) is 2.46. The molecule has 0 radical (unpaired) electrons. The Morgan fingerprint density at radius 3 is 1.72 bits per heavy atom. The molecule has 0 aliphatic heterocycles. The van der Waals surface area contributed by atoms with Crippen LogP contribution in [0, 0.1) is 0 Å². The van der Waals surface area contributed by atoms with Crippen molar-refractivity contribution in [1.82, 2.24) is 0 Å². The first-order valence-electron chi connectivity index (χ1n) is 5.69. The van der Waals surface area contributed by atoms with E-state index in [-0.39, 0.29) is 11.5 Å². The lowest BCUT2D eigenvalue weighted by molar-refractivity contribution is 0.408. The van der Waals surface area contributed by atoms with Gasteiger partial charge in [-0.3, -0.25) is 0 Å². The molecule has 0 aromatic heterocycles. The van der Waals surface area contributed by atoms with E-state index >= 15 is 0 Å². The van der Waals surface area contributed by atoms with Crippen molar-refractivity contribution in [3.05, 3.63) is 72.8 Å². The number of phenolic OH excluding ortho intramolecular Hbond substituents is 2. The number of hydrogen-bond donors (Lipinski definition) is 2. The molecule has 0 spiro atoms. The van der Waals surface area contributed by atoms with E-state index in [2.05, 4.69) is 0 Å². The minimum atomic E-state index is -0.0753. The predicted molar refractivity (Wildman–Crippen MR) is 73.7 cm³/mol. The van der Waals surface area contributed by atoms with Gasteiger partial charge in [-0.1, -0.05) is 66.7 Å². The van der Waals surface area contributed by atoms with Crippen LogP contribution in [0.1, 0.15) is 0 Å². The zero-order valence-corrected chi connectivity index (χ0v) is 9.82. The minimum Gasteiger partial charge on any atom is -0.504 e. The van der Waals surface area contributed by atoms with Crippen LogP contribution in [0.2, 0.25) is 0 Å². The van der Waals surface area contributed by atoms with Gasteiger partial charge in [0.25, 0.3) is 0 Å². The van der Waals surface area contributed by atoms with Crippen LogP contribution in [0.3, 0.4) is 0 Å². The van der Waals surface area contributed by atoms with E-state index < -0.39 is 0 Å². The number of rotatable bonds is 0. The van der Waals surface area contributed by atoms with Gasteiger partial charge in [-0.15, -0.1) is 0 Å². The highest BCUT2D eigenvalue weighted by molar-refractivity contribution is 5.90. The molecule has 0 saturated heterocycles. The topological polar surface area (TPSA) is 40.5 Å². The fourth-order valence-electron chi connectivity index (χ4n) is 1.63. The predicted octanol–water partition coefficient (Wildman–Crippen LogP) is 3.94. The zero-order chi connectivity index (χ0) is 12.8. The van der Waals surface area contributed by atoms with E-state index in [0.717, 1.165) is 5.39 Å². The van der Waals surface area contributed by atoms with Gasteiger partial charge in [0.15, 0.2) is 11.5 Å². The first-order chi connectivity index (χ1) is 8.79. The monoisotopic (exact) mass is 238 g/mol. The number of phenols is 2. The molecule has 0 unspecified atom stereocenters. The SMILES string of the molecule is Oc1ccc2ccccc2c1O.c1ccccc1. The minimum absolute atomic E-state index is 0.0481. The summed E-state index contributed by atoms with van der Waals surface area (Å²) in [5.41, 5.74) is 0. The van der Waals surface area contributed by atoms with E-state index in [1.54, 1.807) is 12.1 Å². The smallest absolute Gasteiger partial charge is 0.165 e. The molecule has 2 heteroatoms. The van der Waals surface area contributed by atoms with Crippen molar-refractivity contribution in [2.75, 3.05) is 0 Å². The average molecular weight is 238 g/mol. The van der Waals surface area contributed by atoms with Crippen molar-refractivity contribution in [3.63, 3.8) is 0 Å². The molecular formula is C16H14O2. The summed E-state index contributed by atoms with van der Waals surface area (Å²) in [6.45, 7) is 0. The molecule has 0 aliphatic rings. The van der Waals surface area contributed by atoms with Gasteiger partial charge < -0.3 is 10.2 Å². The number of aromatic hydroxyl groups is 2. The van der Waals surface area contributed by atoms with Gasteiger partial charge in [-0.05, 0) is 11.5 Å². The van der Waals surface area contributed by atoms with Gasteiger partial charge in [-0.2, -0.15) is 0 Å². The van der Waals surface area contributed by atoms with Crippen molar-refractivity contribution >= 4 is 10.8 Å². The third-order valence-corrected chi connectivity index (χ3v) is 2.55. The normalized spacial score (nSPS) is 9.56. The maximum Gasteiger partial charge on any atom is 0.165 e. The Hall–Kier alpha value is -2.48. The highest BCUT2D eigenvalue weighted by atomic mass is 16.3. The van der Waals surface area contributed by atoms with Gasteiger partial charge in [0.1, 0.15) is 0 Å². The van der Waals surface area contributed by atoms with Crippen LogP contribution in [-0.4, -0.2) is 10.2 Å². The second kappa shape index (κ2) is 5.73. The summed E-state index contributed by atoms with van der Waals surface area (Å²) >= 11 is 0. The molecule has 0 bridgehead atoms. The Morgan fingerprint density at radius 1 is 0.556 bits per heavy atom.